The van der Waals surface area contributed by atoms with Crippen LogP contribution in [0.1, 0.15) is 0 Å². The number of nitrogens with one attached hydrogen (secondary N) is 1. The molecule has 0 bridgehead atoms. The lowest BCUT2D eigenvalue weighted by atomic mass is 10.1. The van der Waals surface area contributed by atoms with E-state index in [9.17, 15) is 0 Å². The van der Waals surface area contributed by atoms with E-state index >= 15 is 0 Å². The Kier molecular flexibility index (Phi) is 5.40. The fraction of sp³-hybridized carbons (Fsp3) is 0. The number of benzene rings is 3. The summed E-state index contributed by atoms with van der Waals surface area (Å²) >= 11 is 1.40. The monoisotopic (exact) mass is 386 g/mol. The predicted molar refractivity (Wildman–Crippen MR) is 114 cm³/mol. The highest BCUT2D eigenvalue weighted by Gasteiger charge is 2.09. The third-order valence-electron chi connectivity index (χ3n) is 3.86. The first-order chi connectivity index (χ1) is 13.8. The van der Waals surface area contributed by atoms with Crippen LogP contribution < -0.4 is 15.2 Å². The molecule has 3 N–H and O–H groups in total. The van der Waals surface area contributed by atoms with Crippen LogP contribution in [0.4, 0.5) is 11.6 Å². The lowest BCUT2D eigenvalue weighted by Gasteiger charge is -2.10. The molecule has 5 nitrogen and oxygen atoms in total. The minimum absolute atomic E-state index is 0.458. The topological polar surface area (TPSA) is 73.1 Å². The molecule has 0 aliphatic rings. The van der Waals surface area contributed by atoms with Crippen LogP contribution in [0.2, 0.25) is 0 Å². The van der Waals surface area contributed by atoms with Gasteiger partial charge in [-0.2, -0.15) is 4.98 Å². The number of hydrogen-bond donors (Lipinski definition) is 2. The summed E-state index contributed by atoms with van der Waals surface area (Å²) in [6, 6.07) is 28.9. The molecule has 0 aliphatic heterocycles. The van der Waals surface area contributed by atoms with Gasteiger partial charge in [-0.1, -0.05) is 54.6 Å². The van der Waals surface area contributed by atoms with Gasteiger partial charge in [-0.3, -0.25) is 4.72 Å². The summed E-state index contributed by atoms with van der Waals surface area (Å²) in [4.78, 5) is 10.1. The molecule has 0 unspecified atom stereocenters. The minimum atomic E-state index is 0.458. The zero-order valence-corrected chi connectivity index (χ0v) is 15.8. The molecule has 0 spiro atoms. The average Bonchev–Trinajstić information content (AvgIpc) is 2.74. The number of ether oxygens (including phenoxy) is 1. The van der Waals surface area contributed by atoms with E-state index in [4.69, 9.17) is 10.5 Å². The van der Waals surface area contributed by atoms with Crippen molar-refractivity contribution >= 4 is 23.6 Å². The first kappa shape index (κ1) is 17.9. The van der Waals surface area contributed by atoms with E-state index in [0.29, 0.717) is 17.5 Å². The summed E-state index contributed by atoms with van der Waals surface area (Å²) in [6.07, 6.45) is 0. The molecule has 28 heavy (non-hydrogen) atoms. The van der Waals surface area contributed by atoms with E-state index in [1.165, 1.54) is 11.9 Å². The number of nitrogens with two attached hydrogens (primary N) is 1. The number of para-hydroxylation sites is 1. The van der Waals surface area contributed by atoms with Gasteiger partial charge in [0.1, 0.15) is 5.75 Å². The zero-order valence-electron chi connectivity index (χ0n) is 14.9. The number of nitrogens with zero attached hydrogens (tertiary/aromatic N) is 2. The quantitative estimate of drug-likeness (QED) is 0.330. The second-order valence-electron chi connectivity index (χ2n) is 5.97. The highest BCUT2D eigenvalue weighted by molar-refractivity contribution is 8.00. The Labute approximate surface area is 167 Å². The molecule has 138 valence electrons. The number of anilines is 2. The van der Waals surface area contributed by atoms with Gasteiger partial charge in [0.15, 0.2) is 0 Å². The van der Waals surface area contributed by atoms with Crippen LogP contribution in [0.15, 0.2) is 95.9 Å². The van der Waals surface area contributed by atoms with Crippen LogP contribution in [-0.4, -0.2) is 9.97 Å². The molecular formula is C22H18N4OS. The molecule has 0 radical (unpaired) electrons. The summed E-state index contributed by atoms with van der Waals surface area (Å²) in [5.41, 5.74) is 8.31. The number of aromatic nitrogens is 2. The molecule has 4 rings (SSSR count). The summed E-state index contributed by atoms with van der Waals surface area (Å²) in [5, 5.41) is 0. The Morgan fingerprint density at radius 1 is 0.786 bits per heavy atom. The van der Waals surface area contributed by atoms with Crippen LogP contribution in [0.3, 0.4) is 0 Å². The summed E-state index contributed by atoms with van der Waals surface area (Å²) in [5.74, 6) is 1.64. The van der Waals surface area contributed by atoms with Crippen molar-refractivity contribution < 1.29 is 4.74 Å². The third-order valence-corrected chi connectivity index (χ3v) is 4.63. The maximum Gasteiger partial charge on any atom is 0.237 e. The smallest absolute Gasteiger partial charge is 0.237 e. The highest BCUT2D eigenvalue weighted by atomic mass is 32.2. The largest absolute Gasteiger partial charge is 0.439 e. The van der Waals surface area contributed by atoms with E-state index < -0.39 is 0 Å². The summed E-state index contributed by atoms with van der Waals surface area (Å²) in [7, 11) is 0. The minimum Gasteiger partial charge on any atom is -0.439 e. The standard InChI is InChI=1S/C22H18N4OS/c23-17-10-7-13-19(14-17)28-26-22-24-20(16-8-3-1-4-9-16)15-21(25-22)27-18-11-5-2-6-12-18/h1-15H,23H2,(H,24,25,26). The fourth-order valence-corrected chi connectivity index (χ4v) is 3.21. The number of rotatable bonds is 6. The van der Waals surface area contributed by atoms with Gasteiger partial charge < -0.3 is 10.5 Å². The highest BCUT2D eigenvalue weighted by Crippen LogP contribution is 2.28. The fourth-order valence-electron chi connectivity index (χ4n) is 2.57. The van der Waals surface area contributed by atoms with Crippen LogP contribution in [0.5, 0.6) is 11.6 Å². The maximum absolute atomic E-state index is 5.93. The Bertz CT molecular complexity index is 1060. The lowest BCUT2D eigenvalue weighted by Crippen LogP contribution is -1.99. The van der Waals surface area contributed by atoms with Crippen molar-refractivity contribution in [3.63, 3.8) is 0 Å². The zero-order chi connectivity index (χ0) is 19.2. The molecule has 0 saturated heterocycles. The number of nitrogen functional groups attached to an aromatic ring is 1. The van der Waals surface area contributed by atoms with Gasteiger partial charge in [0, 0.05) is 22.2 Å². The molecule has 0 amide bonds. The molecule has 0 fully saturated rings. The lowest BCUT2D eigenvalue weighted by molar-refractivity contribution is 0.463. The van der Waals surface area contributed by atoms with Crippen molar-refractivity contribution in [2.75, 3.05) is 10.5 Å². The molecule has 4 aromatic rings. The normalized spacial score (nSPS) is 10.4. The predicted octanol–water partition coefficient (Wildman–Crippen LogP) is 5.64. The molecule has 1 aromatic heterocycles. The second-order valence-corrected chi connectivity index (χ2v) is 6.85. The van der Waals surface area contributed by atoms with Crippen molar-refractivity contribution in [3.05, 3.63) is 91.0 Å². The van der Waals surface area contributed by atoms with Crippen LogP contribution >= 0.6 is 11.9 Å². The van der Waals surface area contributed by atoms with Crippen molar-refractivity contribution in [1.29, 1.82) is 0 Å². The van der Waals surface area contributed by atoms with Crippen molar-refractivity contribution in [2.24, 2.45) is 0 Å². The Hall–Kier alpha value is -3.51. The molecule has 0 saturated carbocycles. The van der Waals surface area contributed by atoms with E-state index in [0.717, 1.165) is 21.9 Å². The van der Waals surface area contributed by atoms with E-state index in [1.807, 2.05) is 91.0 Å². The Morgan fingerprint density at radius 2 is 1.54 bits per heavy atom. The molecule has 0 aliphatic carbocycles. The van der Waals surface area contributed by atoms with Crippen molar-refractivity contribution in [3.8, 4) is 22.9 Å². The third kappa shape index (κ3) is 4.61. The first-order valence-electron chi connectivity index (χ1n) is 8.72. The maximum atomic E-state index is 5.93. The van der Waals surface area contributed by atoms with Gasteiger partial charge in [0.05, 0.1) is 5.69 Å². The summed E-state index contributed by atoms with van der Waals surface area (Å²) in [6.45, 7) is 0. The van der Waals surface area contributed by atoms with Gasteiger partial charge in [-0.15, -0.1) is 0 Å². The van der Waals surface area contributed by atoms with Gasteiger partial charge >= 0.3 is 0 Å². The molecule has 6 heteroatoms. The van der Waals surface area contributed by atoms with Gasteiger partial charge in [0.25, 0.3) is 0 Å². The Balaban J connectivity index is 1.63. The average molecular weight is 386 g/mol. The van der Waals surface area contributed by atoms with Gasteiger partial charge in [-0.05, 0) is 42.3 Å². The van der Waals surface area contributed by atoms with Crippen molar-refractivity contribution in [1.82, 2.24) is 9.97 Å². The molecule has 0 atom stereocenters. The van der Waals surface area contributed by atoms with Crippen LogP contribution in [-0.2, 0) is 0 Å². The van der Waals surface area contributed by atoms with Gasteiger partial charge in [-0.25, -0.2) is 4.98 Å². The van der Waals surface area contributed by atoms with E-state index in [2.05, 4.69) is 14.7 Å². The Morgan fingerprint density at radius 3 is 2.29 bits per heavy atom. The molecule has 3 aromatic carbocycles. The van der Waals surface area contributed by atoms with Crippen LogP contribution in [0.25, 0.3) is 11.3 Å². The molecular weight excluding hydrogens is 368 g/mol. The van der Waals surface area contributed by atoms with E-state index in [-0.39, 0.29) is 0 Å². The number of hydrogen-bond acceptors (Lipinski definition) is 6. The van der Waals surface area contributed by atoms with E-state index in [1.54, 1.807) is 0 Å². The first-order valence-corrected chi connectivity index (χ1v) is 9.54. The second kappa shape index (κ2) is 8.45. The molecule has 1 heterocycles. The SMILES string of the molecule is Nc1cccc(SNc2nc(Oc3ccccc3)cc(-c3ccccc3)n2)c1. The van der Waals surface area contributed by atoms with Gasteiger partial charge in [0.2, 0.25) is 11.8 Å². The van der Waals surface area contributed by atoms with Crippen LogP contribution in [0, 0.1) is 0 Å². The van der Waals surface area contributed by atoms with Crippen molar-refractivity contribution in [2.45, 2.75) is 4.90 Å². The summed E-state index contributed by atoms with van der Waals surface area (Å²) < 4.78 is 9.12.